The Bertz CT molecular complexity index is 1340. The highest BCUT2D eigenvalue weighted by atomic mass is 16.5. The van der Waals surface area contributed by atoms with E-state index in [0.717, 1.165) is 60.6 Å². The minimum atomic E-state index is -1.03. The van der Waals surface area contributed by atoms with Crippen molar-refractivity contribution < 1.29 is 19.4 Å². The number of hydrogen-bond donors (Lipinski definition) is 2. The van der Waals surface area contributed by atoms with Crippen molar-refractivity contribution >= 4 is 23.0 Å². The molecule has 0 aliphatic carbocycles. The molecular weight excluding hydrogens is 470 g/mol. The monoisotopic (exact) mass is 501 g/mol. The van der Waals surface area contributed by atoms with E-state index in [1.165, 1.54) is 6.92 Å². The number of benzene rings is 1. The Morgan fingerprint density at radius 2 is 2.19 bits per heavy atom. The smallest absolute Gasteiger partial charge is 0.251 e. The standard InChI is InChI=1S/C28H31N5O4/c1-19(34)28(35)33-8-6-23(18-33)37-26-5-4-21(14-22(26)15-29)25-17-31-27-24(25)13-20(16-30-27)3-2-7-32-9-11-36-12-10-32/h2-5,13-14,16-17,19,23,34H,6-12,18H2,1H3,(H,30,31)/b3-2+/t19-,23+/m0/s1. The Morgan fingerprint density at radius 3 is 2.97 bits per heavy atom. The van der Waals surface area contributed by atoms with Crippen molar-refractivity contribution in [3.05, 3.63) is 53.9 Å². The van der Waals surface area contributed by atoms with Gasteiger partial charge in [-0.15, -0.1) is 0 Å². The number of likely N-dealkylation sites (tertiary alicyclic amines) is 1. The summed E-state index contributed by atoms with van der Waals surface area (Å²) in [4.78, 5) is 23.8. The van der Waals surface area contributed by atoms with Crippen LogP contribution in [-0.4, -0.2) is 88.9 Å². The van der Waals surface area contributed by atoms with E-state index in [2.05, 4.69) is 39.2 Å². The first-order valence-electron chi connectivity index (χ1n) is 12.6. The molecule has 0 radical (unpaired) electrons. The number of rotatable bonds is 7. The average Bonchev–Trinajstić information content (AvgIpc) is 3.56. The van der Waals surface area contributed by atoms with E-state index in [9.17, 15) is 15.2 Å². The van der Waals surface area contributed by atoms with Gasteiger partial charge in [-0.05, 0) is 36.2 Å². The van der Waals surface area contributed by atoms with Crippen LogP contribution < -0.4 is 4.74 Å². The summed E-state index contributed by atoms with van der Waals surface area (Å²) in [5.74, 6) is 0.192. The number of aliphatic hydroxyl groups is 1. The lowest BCUT2D eigenvalue weighted by atomic mass is 10.0. The fraction of sp³-hybridized carbons (Fsp3) is 0.393. The number of nitrogens with zero attached hydrogens (tertiary/aromatic N) is 4. The molecule has 192 valence electrons. The van der Waals surface area contributed by atoms with Crippen molar-refractivity contribution in [2.45, 2.75) is 25.6 Å². The van der Waals surface area contributed by atoms with E-state index in [0.29, 0.717) is 30.8 Å². The second-order valence-corrected chi connectivity index (χ2v) is 9.49. The molecule has 2 aliphatic heterocycles. The number of H-pyrrole nitrogens is 1. The summed E-state index contributed by atoms with van der Waals surface area (Å²) in [6.07, 6.45) is 7.41. The third-order valence-corrected chi connectivity index (χ3v) is 6.85. The maximum Gasteiger partial charge on any atom is 0.251 e. The Kier molecular flexibility index (Phi) is 7.51. The largest absolute Gasteiger partial charge is 0.487 e. The zero-order valence-corrected chi connectivity index (χ0v) is 20.9. The molecular formula is C28H31N5O4. The number of aromatic amines is 1. The van der Waals surface area contributed by atoms with E-state index < -0.39 is 6.10 Å². The predicted octanol–water partition coefficient (Wildman–Crippen LogP) is 2.81. The van der Waals surface area contributed by atoms with Gasteiger partial charge in [0.25, 0.3) is 5.91 Å². The molecule has 0 unspecified atom stereocenters. The SMILES string of the molecule is C[C@H](O)C(=O)N1CC[C@@H](Oc2ccc(-c3c[nH]c4ncc(/C=C/CN5CCOCC5)cc34)cc2C#N)C1. The Balaban J connectivity index is 1.31. The molecule has 9 heteroatoms. The van der Waals surface area contributed by atoms with Gasteiger partial charge >= 0.3 is 0 Å². The number of pyridine rings is 1. The fourth-order valence-corrected chi connectivity index (χ4v) is 4.83. The number of aliphatic hydroxyl groups excluding tert-OH is 1. The van der Waals surface area contributed by atoms with Crippen molar-refractivity contribution in [1.82, 2.24) is 19.8 Å². The lowest BCUT2D eigenvalue weighted by molar-refractivity contribution is -0.138. The third kappa shape index (κ3) is 5.67. The number of carbonyl (C=O) groups is 1. The maximum absolute atomic E-state index is 12.1. The molecule has 0 bridgehead atoms. The van der Waals surface area contributed by atoms with Crippen LogP contribution in [-0.2, 0) is 9.53 Å². The van der Waals surface area contributed by atoms with Gasteiger partial charge in [0.2, 0.25) is 0 Å². The highest BCUT2D eigenvalue weighted by Gasteiger charge is 2.30. The van der Waals surface area contributed by atoms with Gasteiger partial charge in [0, 0.05) is 55.9 Å². The number of aromatic nitrogens is 2. The summed E-state index contributed by atoms with van der Waals surface area (Å²) in [6.45, 7) is 6.72. The van der Waals surface area contributed by atoms with Gasteiger partial charge in [-0.2, -0.15) is 5.26 Å². The zero-order chi connectivity index (χ0) is 25.8. The number of nitriles is 1. The summed E-state index contributed by atoms with van der Waals surface area (Å²) in [5.41, 5.74) is 4.08. The molecule has 1 aromatic carbocycles. The highest BCUT2D eigenvalue weighted by molar-refractivity contribution is 5.95. The predicted molar refractivity (Wildman–Crippen MR) is 140 cm³/mol. The molecule has 2 saturated heterocycles. The first-order chi connectivity index (χ1) is 18.0. The second-order valence-electron chi connectivity index (χ2n) is 9.49. The third-order valence-electron chi connectivity index (χ3n) is 6.85. The number of fused-ring (bicyclic) bond motifs is 1. The molecule has 2 fully saturated rings. The fourth-order valence-electron chi connectivity index (χ4n) is 4.83. The number of carbonyl (C=O) groups excluding carboxylic acids is 1. The molecule has 3 aromatic rings. The van der Waals surface area contributed by atoms with E-state index >= 15 is 0 Å². The molecule has 2 aromatic heterocycles. The number of amides is 1. The van der Waals surface area contributed by atoms with Gasteiger partial charge in [-0.1, -0.05) is 18.2 Å². The molecule has 2 aliphatic rings. The van der Waals surface area contributed by atoms with Gasteiger partial charge in [-0.25, -0.2) is 4.98 Å². The number of nitrogens with one attached hydrogen (secondary N) is 1. The van der Waals surface area contributed by atoms with Crippen molar-refractivity contribution in [1.29, 1.82) is 5.26 Å². The molecule has 0 spiro atoms. The normalized spacial score (nSPS) is 19.4. The number of hydrogen-bond acceptors (Lipinski definition) is 7. The van der Waals surface area contributed by atoms with Crippen molar-refractivity contribution in [3.8, 4) is 22.9 Å². The molecule has 4 heterocycles. The minimum Gasteiger partial charge on any atom is -0.487 e. The summed E-state index contributed by atoms with van der Waals surface area (Å²) in [7, 11) is 0. The van der Waals surface area contributed by atoms with Crippen LogP contribution in [0.15, 0.2) is 42.7 Å². The van der Waals surface area contributed by atoms with Crippen LogP contribution in [0, 0.1) is 11.3 Å². The van der Waals surface area contributed by atoms with E-state index in [1.54, 1.807) is 4.90 Å². The lowest BCUT2D eigenvalue weighted by Gasteiger charge is -2.25. The zero-order valence-electron chi connectivity index (χ0n) is 20.9. The van der Waals surface area contributed by atoms with Crippen molar-refractivity contribution in [3.63, 3.8) is 0 Å². The van der Waals surface area contributed by atoms with Crippen molar-refractivity contribution in [2.24, 2.45) is 0 Å². The van der Waals surface area contributed by atoms with Crippen LogP contribution in [0.2, 0.25) is 0 Å². The van der Waals surface area contributed by atoms with Gasteiger partial charge in [0.1, 0.15) is 29.7 Å². The maximum atomic E-state index is 12.1. The summed E-state index contributed by atoms with van der Waals surface area (Å²) < 4.78 is 11.5. The Morgan fingerprint density at radius 1 is 1.35 bits per heavy atom. The minimum absolute atomic E-state index is 0.218. The average molecular weight is 502 g/mol. The van der Waals surface area contributed by atoms with E-state index in [4.69, 9.17) is 9.47 Å². The summed E-state index contributed by atoms with van der Waals surface area (Å²) in [5, 5.41) is 20.4. The van der Waals surface area contributed by atoms with Crippen LogP contribution >= 0.6 is 0 Å². The number of morpholine rings is 1. The van der Waals surface area contributed by atoms with Gasteiger partial charge < -0.3 is 24.5 Å². The molecule has 1 amide bonds. The molecule has 2 N–H and O–H groups in total. The lowest BCUT2D eigenvalue weighted by Crippen LogP contribution is -2.37. The van der Waals surface area contributed by atoms with Crippen LogP contribution in [0.5, 0.6) is 5.75 Å². The van der Waals surface area contributed by atoms with Gasteiger partial charge in [0.15, 0.2) is 0 Å². The molecule has 0 saturated carbocycles. The first kappa shape index (κ1) is 25.0. The topological polar surface area (TPSA) is 115 Å². The molecule has 5 rings (SSSR count). The first-order valence-corrected chi connectivity index (χ1v) is 12.6. The van der Waals surface area contributed by atoms with Crippen LogP contribution in [0.3, 0.4) is 0 Å². The van der Waals surface area contributed by atoms with Gasteiger partial charge in [0.05, 0.1) is 25.3 Å². The number of ether oxygens (including phenoxy) is 2. The molecule has 37 heavy (non-hydrogen) atoms. The van der Waals surface area contributed by atoms with Crippen LogP contribution in [0.25, 0.3) is 28.2 Å². The molecule has 9 nitrogen and oxygen atoms in total. The van der Waals surface area contributed by atoms with Gasteiger partial charge in [-0.3, -0.25) is 9.69 Å². The molecule has 2 atom stereocenters. The van der Waals surface area contributed by atoms with E-state index in [1.807, 2.05) is 30.6 Å². The Labute approximate surface area is 215 Å². The van der Waals surface area contributed by atoms with E-state index in [-0.39, 0.29) is 12.0 Å². The quantitative estimate of drug-likeness (QED) is 0.512. The Hall–Kier alpha value is -3.71. The highest BCUT2D eigenvalue weighted by Crippen LogP contribution is 2.32. The van der Waals surface area contributed by atoms with Crippen molar-refractivity contribution in [2.75, 3.05) is 45.9 Å². The van der Waals surface area contributed by atoms with Crippen LogP contribution in [0.4, 0.5) is 0 Å². The second kappa shape index (κ2) is 11.1. The van der Waals surface area contributed by atoms with Crippen LogP contribution in [0.1, 0.15) is 24.5 Å². The summed E-state index contributed by atoms with van der Waals surface area (Å²) in [6, 6.07) is 9.93. The summed E-state index contributed by atoms with van der Waals surface area (Å²) >= 11 is 0.